The zero-order chi connectivity index (χ0) is 14.4. The fourth-order valence-corrected chi connectivity index (χ4v) is 2.92. The van der Waals surface area contributed by atoms with Gasteiger partial charge in [-0.2, -0.15) is 4.98 Å². The second-order valence-electron chi connectivity index (χ2n) is 5.70. The van der Waals surface area contributed by atoms with Gasteiger partial charge in [-0.25, -0.2) is 0 Å². The summed E-state index contributed by atoms with van der Waals surface area (Å²) in [5.41, 5.74) is 0. The van der Waals surface area contributed by atoms with Crippen LogP contribution in [0.5, 0.6) is 0 Å². The number of aromatic nitrogens is 2. The van der Waals surface area contributed by atoms with Crippen molar-refractivity contribution in [1.29, 1.82) is 0 Å². The highest BCUT2D eigenvalue weighted by atomic mass is 16.5. The summed E-state index contributed by atoms with van der Waals surface area (Å²) < 4.78 is 5.32. The molecule has 0 aromatic carbocycles. The Kier molecular flexibility index (Phi) is 5.98. The summed E-state index contributed by atoms with van der Waals surface area (Å²) in [5, 5.41) is 14.0. The maximum Gasteiger partial charge on any atom is 0.227 e. The van der Waals surface area contributed by atoms with Gasteiger partial charge in [0.1, 0.15) is 0 Å². The van der Waals surface area contributed by atoms with Crippen LogP contribution in [0.1, 0.15) is 51.2 Å². The Bertz CT molecular complexity index is 390. The van der Waals surface area contributed by atoms with Gasteiger partial charge < -0.3 is 14.5 Å². The maximum absolute atomic E-state index is 9.98. The van der Waals surface area contributed by atoms with E-state index < -0.39 is 0 Å². The Morgan fingerprint density at radius 2 is 2.00 bits per heavy atom. The third kappa shape index (κ3) is 4.28. The summed E-state index contributed by atoms with van der Waals surface area (Å²) >= 11 is 0. The van der Waals surface area contributed by atoms with Crippen LogP contribution in [-0.2, 0) is 12.8 Å². The van der Waals surface area contributed by atoms with Gasteiger partial charge in [-0.3, -0.25) is 0 Å². The maximum atomic E-state index is 9.98. The average Bonchev–Trinajstić information content (AvgIpc) is 2.90. The molecule has 2 rings (SSSR count). The highest BCUT2D eigenvalue weighted by molar-refractivity contribution is 4.91. The molecule has 0 spiro atoms. The van der Waals surface area contributed by atoms with Crippen molar-refractivity contribution < 1.29 is 9.63 Å². The van der Waals surface area contributed by atoms with Crippen molar-refractivity contribution in [1.82, 2.24) is 15.0 Å². The highest BCUT2D eigenvalue weighted by Gasteiger charge is 2.25. The largest absolute Gasteiger partial charge is 0.393 e. The molecule has 20 heavy (non-hydrogen) atoms. The molecule has 1 aromatic rings. The second kappa shape index (κ2) is 7.74. The van der Waals surface area contributed by atoms with Gasteiger partial charge in [0.15, 0.2) is 5.82 Å². The Hall–Kier alpha value is -0.940. The lowest BCUT2D eigenvalue weighted by Gasteiger charge is -2.26. The zero-order valence-corrected chi connectivity index (χ0v) is 12.7. The van der Waals surface area contributed by atoms with Crippen LogP contribution >= 0.6 is 0 Å². The van der Waals surface area contributed by atoms with Gasteiger partial charge in [0, 0.05) is 19.4 Å². The van der Waals surface area contributed by atoms with Crippen molar-refractivity contribution in [3.05, 3.63) is 11.7 Å². The lowest BCUT2D eigenvalue weighted by Crippen LogP contribution is -2.26. The summed E-state index contributed by atoms with van der Waals surface area (Å²) in [6.07, 6.45) is 5.67. The van der Waals surface area contributed by atoms with Gasteiger partial charge in [-0.15, -0.1) is 0 Å². The van der Waals surface area contributed by atoms with E-state index >= 15 is 0 Å². The first-order valence-corrected chi connectivity index (χ1v) is 7.94. The minimum absolute atomic E-state index is 0.199. The molecular weight excluding hydrogens is 254 g/mol. The van der Waals surface area contributed by atoms with E-state index in [0.717, 1.165) is 57.6 Å². The van der Waals surface area contributed by atoms with Crippen molar-refractivity contribution in [3.63, 3.8) is 0 Å². The first-order valence-electron chi connectivity index (χ1n) is 7.94. The smallest absolute Gasteiger partial charge is 0.227 e. The molecule has 5 nitrogen and oxygen atoms in total. The van der Waals surface area contributed by atoms with Crippen LogP contribution in [0.25, 0.3) is 0 Å². The molecule has 1 N–H and O–H groups in total. The van der Waals surface area contributed by atoms with E-state index in [1.54, 1.807) is 0 Å². The summed E-state index contributed by atoms with van der Waals surface area (Å²) in [6, 6.07) is 0. The Morgan fingerprint density at radius 1 is 1.25 bits per heavy atom. The SMILES string of the molecule is CCN(CC)CCc1noc(CC2CCCCC2O)n1. The molecule has 1 aliphatic carbocycles. The predicted molar refractivity (Wildman–Crippen MR) is 77.5 cm³/mol. The molecule has 0 saturated heterocycles. The van der Waals surface area contributed by atoms with Crippen LogP contribution in [-0.4, -0.2) is 45.9 Å². The van der Waals surface area contributed by atoms with E-state index in [4.69, 9.17) is 4.52 Å². The first-order chi connectivity index (χ1) is 9.72. The minimum atomic E-state index is -0.199. The number of rotatable bonds is 7. The molecule has 114 valence electrons. The van der Waals surface area contributed by atoms with Gasteiger partial charge >= 0.3 is 0 Å². The molecule has 1 aliphatic rings. The van der Waals surface area contributed by atoms with E-state index in [-0.39, 0.29) is 6.10 Å². The molecule has 0 bridgehead atoms. The van der Waals surface area contributed by atoms with Crippen LogP contribution in [0.3, 0.4) is 0 Å². The van der Waals surface area contributed by atoms with Crippen molar-refractivity contribution in [2.24, 2.45) is 5.92 Å². The van der Waals surface area contributed by atoms with Gasteiger partial charge in [-0.1, -0.05) is 31.8 Å². The van der Waals surface area contributed by atoms with Crippen molar-refractivity contribution in [2.75, 3.05) is 19.6 Å². The van der Waals surface area contributed by atoms with E-state index in [2.05, 4.69) is 28.9 Å². The normalized spacial score (nSPS) is 23.4. The predicted octanol–water partition coefficient (Wildman–Crippen LogP) is 2.05. The molecule has 1 fully saturated rings. The van der Waals surface area contributed by atoms with Crippen LogP contribution in [0.15, 0.2) is 4.52 Å². The number of aliphatic hydroxyl groups excluding tert-OH is 1. The molecule has 1 aromatic heterocycles. The van der Waals surface area contributed by atoms with Crippen LogP contribution in [0.2, 0.25) is 0 Å². The molecule has 0 amide bonds. The van der Waals surface area contributed by atoms with Gasteiger partial charge in [-0.05, 0) is 31.8 Å². The van der Waals surface area contributed by atoms with E-state index in [1.807, 2.05) is 0 Å². The van der Waals surface area contributed by atoms with Gasteiger partial charge in [0.2, 0.25) is 5.89 Å². The van der Waals surface area contributed by atoms with Crippen molar-refractivity contribution in [2.45, 2.75) is 58.5 Å². The van der Waals surface area contributed by atoms with E-state index in [1.165, 1.54) is 6.42 Å². The average molecular weight is 281 g/mol. The van der Waals surface area contributed by atoms with Crippen LogP contribution in [0, 0.1) is 5.92 Å². The Morgan fingerprint density at radius 3 is 2.70 bits per heavy atom. The van der Waals surface area contributed by atoms with Crippen LogP contribution in [0.4, 0.5) is 0 Å². The number of likely N-dealkylation sites (N-methyl/N-ethyl adjacent to an activating group) is 1. The van der Waals surface area contributed by atoms with E-state index in [0.29, 0.717) is 11.8 Å². The monoisotopic (exact) mass is 281 g/mol. The number of nitrogens with zero attached hydrogens (tertiary/aromatic N) is 3. The summed E-state index contributed by atoms with van der Waals surface area (Å²) in [7, 11) is 0. The lowest BCUT2D eigenvalue weighted by molar-refractivity contribution is 0.0657. The summed E-state index contributed by atoms with van der Waals surface area (Å²) in [4.78, 5) is 6.81. The highest BCUT2D eigenvalue weighted by Crippen LogP contribution is 2.26. The third-order valence-electron chi connectivity index (χ3n) is 4.36. The summed E-state index contributed by atoms with van der Waals surface area (Å²) in [6.45, 7) is 7.40. The molecule has 0 radical (unpaired) electrons. The second-order valence-corrected chi connectivity index (χ2v) is 5.70. The number of hydrogen-bond donors (Lipinski definition) is 1. The molecule has 1 heterocycles. The summed E-state index contributed by atoms with van der Waals surface area (Å²) in [5.74, 6) is 1.77. The van der Waals surface area contributed by atoms with Crippen LogP contribution < -0.4 is 0 Å². The Labute approximate surface area is 121 Å². The number of aliphatic hydroxyl groups is 1. The van der Waals surface area contributed by atoms with Crippen molar-refractivity contribution in [3.8, 4) is 0 Å². The minimum Gasteiger partial charge on any atom is -0.393 e. The third-order valence-corrected chi connectivity index (χ3v) is 4.36. The zero-order valence-electron chi connectivity index (χ0n) is 12.7. The topological polar surface area (TPSA) is 62.4 Å². The molecule has 1 saturated carbocycles. The number of hydrogen-bond acceptors (Lipinski definition) is 5. The standard InChI is InChI=1S/C15H27N3O2/c1-3-18(4-2)10-9-14-16-15(20-17-14)11-12-7-5-6-8-13(12)19/h12-13,19H,3-11H2,1-2H3. The molecular formula is C15H27N3O2. The fraction of sp³-hybridized carbons (Fsp3) is 0.867. The van der Waals surface area contributed by atoms with E-state index in [9.17, 15) is 5.11 Å². The molecule has 2 unspecified atom stereocenters. The molecule has 5 heteroatoms. The molecule has 0 aliphatic heterocycles. The fourth-order valence-electron chi connectivity index (χ4n) is 2.92. The Balaban J connectivity index is 1.82. The molecule has 2 atom stereocenters. The van der Waals surface area contributed by atoms with Gasteiger partial charge in [0.25, 0.3) is 0 Å². The first kappa shape index (κ1) is 15.4. The quantitative estimate of drug-likeness (QED) is 0.828. The lowest BCUT2D eigenvalue weighted by atomic mass is 9.84. The van der Waals surface area contributed by atoms with Gasteiger partial charge in [0.05, 0.1) is 6.10 Å². The van der Waals surface area contributed by atoms with Crippen molar-refractivity contribution >= 4 is 0 Å².